The van der Waals surface area contributed by atoms with Crippen LogP contribution >= 0.6 is 0 Å². The molecule has 0 aromatic carbocycles. The maximum absolute atomic E-state index is 4.30. The third kappa shape index (κ3) is 2.97. The predicted molar refractivity (Wildman–Crippen MR) is 59.5 cm³/mol. The quantitative estimate of drug-likeness (QED) is 0.771. The van der Waals surface area contributed by atoms with Gasteiger partial charge in [0, 0.05) is 30.7 Å². The molecule has 2 N–H and O–H groups in total. The van der Waals surface area contributed by atoms with E-state index in [1.165, 1.54) is 12.8 Å². The fourth-order valence-electron chi connectivity index (χ4n) is 1.96. The number of nitrogens with zero attached hydrogens (tertiary/aromatic N) is 2. The van der Waals surface area contributed by atoms with Gasteiger partial charge in [0.25, 0.3) is 0 Å². The lowest BCUT2D eigenvalue weighted by Gasteiger charge is -2.26. The predicted octanol–water partition coefficient (Wildman–Crippen LogP) is 0.879. The standard InChI is InChI=1S/C11H18N4/c1-9(11-8-13-6-7-14-11)15-10-2-4-12-5-3-10/h6-10,12,15H,2-5H2,1H3/t9-/m0/s1. The Bertz CT molecular complexity index is 282. The van der Waals surface area contributed by atoms with Gasteiger partial charge in [-0.15, -0.1) is 0 Å². The first-order chi connectivity index (χ1) is 7.36. The summed E-state index contributed by atoms with van der Waals surface area (Å²) in [6.45, 7) is 4.38. The van der Waals surface area contributed by atoms with Crippen molar-refractivity contribution in [3.8, 4) is 0 Å². The minimum Gasteiger partial charge on any atom is -0.317 e. The molecule has 1 aromatic heterocycles. The van der Waals surface area contributed by atoms with Gasteiger partial charge in [-0.3, -0.25) is 9.97 Å². The van der Waals surface area contributed by atoms with Crippen molar-refractivity contribution in [2.75, 3.05) is 13.1 Å². The molecule has 15 heavy (non-hydrogen) atoms. The molecule has 1 aliphatic rings. The number of rotatable bonds is 3. The lowest BCUT2D eigenvalue weighted by molar-refractivity contribution is 0.356. The second kappa shape index (κ2) is 5.19. The molecule has 4 heteroatoms. The molecule has 0 aliphatic carbocycles. The van der Waals surface area contributed by atoms with E-state index in [2.05, 4.69) is 27.5 Å². The summed E-state index contributed by atoms with van der Waals surface area (Å²) in [6, 6.07) is 0.907. The molecule has 0 amide bonds. The van der Waals surface area contributed by atoms with Gasteiger partial charge in [-0.2, -0.15) is 0 Å². The highest BCUT2D eigenvalue weighted by molar-refractivity contribution is 5.01. The topological polar surface area (TPSA) is 49.8 Å². The van der Waals surface area contributed by atoms with Crippen molar-refractivity contribution < 1.29 is 0 Å². The Balaban J connectivity index is 1.88. The molecule has 82 valence electrons. The molecule has 2 rings (SSSR count). The van der Waals surface area contributed by atoms with Crippen molar-refractivity contribution in [2.45, 2.75) is 31.8 Å². The Morgan fingerprint density at radius 2 is 2.20 bits per heavy atom. The zero-order chi connectivity index (χ0) is 10.5. The van der Waals surface area contributed by atoms with Crippen LogP contribution in [-0.4, -0.2) is 29.1 Å². The number of aromatic nitrogens is 2. The number of hydrogen-bond acceptors (Lipinski definition) is 4. The van der Waals surface area contributed by atoms with Gasteiger partial charge < -0.3 is 10.6 Å². The van der Waals surface area contributed by atoms with E-state index < -0.39 is 0 Å². The van der Waals surface area contributed by atoms with Crippen LogP contribution in [0.2, 0.25) is 0 Å². The summed E-state index contributed by atoms with van der Waals surface area (Å²) >= 11 is 0. The van der Waals surface area contributed by atoms with Gasteiger partial charge in [0.2, 0.25) is 0 Å². The fourth-order valence-corrected chi connectivity index (χ4v) is 1.96. The van der Waals surface area contributed by atoms with Crippen LogP contribution in [0.4, 0.5) is 0 Å². The number of nitrogens with one attached hydrogen (secondary N) is 2. The summed E-state index contributed by atoms with van der Waals surface area (Å²) in [6.07, 6.45) is 7.69. The Hall–Kier alpha value is -1.00. The van der Waals surface area contributed by atoms with Crippen LogP contribution < -0.4 is 10.6 Å². The van der Waals surface area contributed by atoms with Crippen molar-refractivity contribution in [2.24, 2.45) is 0 Å². The minimum absolute atomic E-state index is 0.293. The second-order valence-electron chi connectivity index (χ2n) is 4.04. The monoisotopic (exact) mass is 206 g/mol. The van der Waals surface area contributed by atoms with Gasteiger partial charge in [-0.25, -0.2) is 0 Å². The van der Waals surface area contributed by atoms with Gasteiger partial charge in [-0.1, -0.05) is 0 Å². The Morgan fingerprint density at radius 1 is 1.40 bits per heavy atom. The van der Waals surface area contributed by atoms with E-state index in [0.717, 1.165) is 18.8 Å². The maximum atomic E-state index is 4.30. The number of piperidine rings is 1. The molecule has 0 saturated carbocycles. The van der Waals surface area contributed by atoms with Crippen LogP contribution in [0.15, 0.2) is 18.6 Å². The third-order valence-electron chi connectivity index (χ3n) is 2.85. The first-order valence-electron chi connectivity index (χ1n) is 5.59. The SMILES string of the molecule is C[C@H](NC1CCNCC1)c1cnccn1. The van der Waals surface area contributed by atoms with Crippen molar-refractivity contribution in [1.82, 2.24) is 20.6 Å². The average Bonchev–Trinajstić information content (AvgIpc) is 2.31. The fraction of sp³-hybridized carbons (Fsp3) is 0.636. The summed E-state index contributed by atoms with van der Waals surface area (Å²) in [7, 11) is 0. The van der Waals surface area contributed by atoms with Crippen molar-refractivity contribution in [3.63, 3.8) is 0 Å². The summed E-state index contributed by atoms with van der Waals surface area (Å²) in [5.41, 5.74) is 1.02. The highest BCUT2D eigenvalue weighted by Gasteiger charge is 2.16. The average molecular weight is 206 g/mol. The van der Waals surface area contributed by atoms with E-state index in [0.29, 0.717) is 12.1 Å². The van der Waals surface area contributed by atoms with Crippen LogP contribution in [0.1, 0.15) is 31.5 Å². The van der Waals surface area contributed by atoms with Crippen LogP contribution in [0, 0.1) is 0 Å². The van der Waals surface area contributed by atoms with Gasteiger partial charge in [-0.05, 0) is 32.9 Å². The smallest absolute Gasteiger partial charge is 0.0753 e. The summed E-state index contributed by atoms with van der Waals surface area (Å²) < 4.78 is 0. The molecule has 0 spiro atoms. The lowest BCUT2D eigenvalue weighted by atomic mass is 10.1. The van der Waals surface area contributed by atoms with E-state index in [9.17, 15) is 0 Å². The molecule has 1 saturated heterocycles. The van der Waals surface area contributed by atoms with E-state index >= 15 is 0 Å². The molecular weight excluding hydrogens is 188 g/mol. The molecule has 1 atom stereocenters. The van der Waals surface area contributed by atoms with Crippen LogP contribution in [0.25, 0.3) is 0 Å². The van der Waals surface area contributed by atoms with Gasteiger partial charge in [0.15, 0.2) is 0 Å². The zero-order valence-electron chi connectivity index (χ0n) is 9.11. The van der Waals surface area contributed by atoms with Crippen molar-refractivity contribution in [1.29, 1.82) is 0 Å². The normalized spacial score (nSPS) is 20.1. The molecule has 1 aromatic rings. The Morgan fingerprint density at radius 3 is 2.87 bits per heavy atom. The first kappa shape index (κ1) is 10.5. The maximum Gasteiger partial charge on any atom is 0.0753 e. The van der Waals surface area contributed by atoms with E-state index in [1.54, 1.807) is 12.4 Å². The molecule has 0 bridgehead atoms. The van der Waals surface area contributed by atoms with E-state index in [1.807, 2.05) is 6.20 Å². The number of hydrogen-bond donors (Lipinski definition) is 2. The molecule has 2 heterocycles. The highest BCUT2D eigenvalue weighted by atomic mass is 15.0. The molecular formula is C11H18N4. The first-order valence-corrected chi connectivity index (χ1v) is 5.59. The highest BCUT2D eigenvalue weighted by Crippen LogP contribution is 2.11. The van der Waals surface area contributed by atoms with Crippen LogP contribution in [0.3, 0.4) is 0 Å². The largest absolute Gasteiger partial charge is 0.317 e. The minimum atomic E-state index is 0.293. The summed E-state index contributed by atoms with van der Waals surface area (Å²) in [5, 5.41) is 6.95. The Kier molecular flexibility index (Phi) is 3.64. The molecule has 1 aliphatic heterocycles. The van der Waals surface area contributed by atoms with Crippen LogP contribution in [0.5, 0.6) is 0 Å². The van der Waals surface area contributed by atoms with Gasteiger partial charge >= 0.3 is 0 Å². The zero-order valence-corrected chi connectivity index (χ0v) is 9.11. The lowest BCUT2D eigenvalue weighted by Crippen LogP contribution is -2.41. The molecule has 4 nitrogen and oxygen atoms in total. The van der Waals surface area contributed by atoms with Gasteiger partial charge in [0.1, 0.15) is 0 Å². The van der Waals surface area contributed by atoms with Crippen LogP contribution in [-0.2, 0) is 0 Å². The third-order valence-corrected chi connectivity index (χ3v) is 2.85. The van der Waals surface area contributed by atoms with E-state index in [4.69, 9.17) is 0 Å². The second-order valence-corrected chi connectivity index (χ2v) is 4.04. The van der Waals surface area contributed by atoms with E-state index in [-0.39, 0.29) is 0 Å². The van der Waals surface area contributed by atoms with Crippen molar-refractivity contribution in [3.05, 3.63) is 24.3 Å². The molecule has 1 fully saturated rings. The summed E-state index contributed by atoms with van der Waals surface area (Å²) in [5.74, 6) is 0. The Labute approximate surface area is 90.5 Å². The summed E-state index contributed by atoms with van der Waals surface area (Å²) in [4.78, 5) is 8.39. The molecule has 0 radical (unpaired) electrons. The van der Waals surface area contributed by atoms with Gasteiger partial charge in [0.05, 0.1) is 5.69 Å². The van der Waals surface area contributed by atoms with Crippen molar-refractivity contribution >= 4 is 0 Å². The molecule has 0 unspecified atom stereocenters.